The quantitative estimate of drug-likeness (QED) is 0.0518. The van der Waals surface area contributed by atoms with Crippen LogP contribution in [0.2, 0.25) is 5.28 Å². The van der Waals surface area contributed by atoms with Crippen LogP contribution in [-0.2, 0) is 23.7 Å². The van der Waals surface area contributed by atoms with Crippen molar-refractivity contribution in [3.63, 3.8) is 0 Å². The summed E-state index contributed by atoms with van der Waals surface area (Å²) < 4.78 is 71.0. The number of nitrogen functional groups attached to an aromatic ring is 1. The zero-order chi connectivity index (χ0) is 57.1. The van der Waals surface area contributed by atoms with Crippen molar-refractivity contribution in [1.82, 2.24) is 69.3 Å². The number of fused-ring (bicyclic) bond motifs is 2. The smallest absolute Gasteiger partial charge is 0.368 e. The second kappa shape index (κ2) is 23.5. The van der Waals surface area contributed by atoms with Crippen LogP contribution in [0.5, 0.6) is 11.5 Å². The molecule has 4 atom stereocenters. The molecular formula is C48H61ClF4N20O6. The number of piperidine rings is 2. The van der Waals surface area contributed by atoms with Crippen LogP contribution in [0.1, 0.15) is 79.1 Å². The van der Waals surface area contributed by atoms with Gasteiger partial charge in [0, 0.05) is 61.5 Å². The highest BCUT2D eigenvalue weighted by atomic mass is 35.5. The van der Waals surface area contributed by atoms with E-state index in [9.17, 15) is 32.3 Å². The zero-order valence-electron chi connectivity index (χ0n) is 44.1. The predicted octanol–water partition coefficient (Wildman–Crippen LogP) is 3.10. The third kappa shape index (κ3) is 13.3. The van der Waals surface area contributed by atoms with Crippen LogP contribution in [-0.4, -0.2) is 143 Å². The van der Waals surface area contributed by atoms with Gasteiger partial charge in [0.1, 0.15) is 28.7 Å². The number of hydrogen-bond acceptors (Lipinski definition) is 20. The standard InChI is InChI=1S/C24H30F2N10O3.C14H20ClFN4.C10H11FN6O3/c1-24(2)10-13(7-14-5-4-6-35(14)24)29-21-16(26)11-28-22(31-21)30-17-9-18(36-23(38)34(3)32-33-36)19(8-15(17)25)39-12-20(27)37;1-14(2)7-9(6-10-4-3-5-20(10)14)18-12-11(16)8-17-13(15)19-12;1-16-10(19)17(15-14-16)7-3-6(12)5(11)2-8(7)20-4-9(13)18/h8-9,11,13-14H,4-7,10,12H2,1-3H3,(H2,27,37)(H2,28,29,30,31);8-10H,3-7H2,1-2H3,(H,17,18,19);2-3H,4,12H2,1H3,(H2,13,18)/t13-,14+;9-,10+;/m11./s1. The molecule has 424 valence electrons. The summed E-state index contributed by atoms with van der Waals surface area (Å²) in [4.78, 5) is 67.1. The number of carbonyl (C=O) groups is 2. The number of nitrogens with zero attached hydrogens (tertiary/aromatic N) is 14. The Morgan fingerprint density at radius 3 is 1.63 bits per heavy atom. The summed E-state index contributed by atoms with van der Waals surface area (Å²) in [5, 5.41) is 23.8. The summed E-state index contributed by atoms with van der Waals surface area (Å²) >= 11 is 5.74. The summed E-state index contributed by atoms with van der Waals surface area (Å²) in [6.45, 7) is 10.1. The van der Waals surface area contributed by atoms with Gasteiger partial charge in [-0.25, -0.2) is 37.1 Å². The molecule has 79 heavy (non-hydrogen) atoms. The molecule has 4 fully saturated rings. The van der Waals surface area contributed by atoms with Gasteiger partial charge in [-0.05, 0) is 137 Å². The predicted molar refractivity (Wildman–Crippen MR) is 280 cm³/mol. The summed E-state index contributed by atoms with van der Waals surface area (Å²) in [5.74, 6) is -4.30. The number of hydrogen-bond donors (Lipinski definition) is 6. The van der Waals surface area contributed by atoms with E-state index >= 15 is 4.39 Å². The maximum atomic E-state index is 15.1. The van der Waals surface area contributed by atoms with Crippen molar-refractivity contribution in [2.75, 3.05) is 48.0 Å². The minimum atomic E-state index is -0.812. The number of carbonyl (C=O) groups excluding carboxylic acids is 2. The Bertz CT molecular complexity index is 3340. The Morgan fingerprint density at radius 2 is 1.15 bits per heavy atom. The van der Waals surface area contributed by atoms with Crippen molar-refractivity contribution < 1.29 is 36.6 Å². The van der Waals surface area contributed by atoms with E-state index in [0.29, 0.717) is 12.1 Å². The molecule has 0 unspecified atom stereocenters. The maximum absolute atomic E-state index is 15.1. The highest BCUT2D eigenvalue weighted by Gasteiger charge is 2.44. The van der Waals surface area contributed by atoms with E-state index in [2.05, 4.69) is 94.2 Å². The van der Waals surface area contributed by atoms with Gasteiger partial charge in [0.15, 0.2) is 42.3 Å². The molecule has 0 aliphatic carbocycles. The number of anilines is 5. The van der Waals surface area contributed by atoms with E-state index in [0.717, 1.165) is 94.4 Å². The largest absolute Gasteiger partial charge is 0.481 e. The number of aryl methyl sites for hydroxylation is 2. The van der Waals surface area contributed by atoms with Crippen molar-refractivity contribution in [3.05, 3.63) is 86.2 Å². The van der Waals surface area contributed by atoms with E-state index in [1.54, 1.807) is 0 Å². The maximum Gasteiger partial charge on any atom is 0.368 e. The van der Waals surface area contributed by atoms with Crippen LogP contribution < -0.4 is 54.0 Å². The highest BCUT2D eigenvalue weighted by Crippen LogP contribution is 2.40. The molecule has 4 aliphatic rings. The minimum absolute atomic E-state index is 0.00477. The highest BCUT2D eigenvalue weighted by molar-refractivity contribution is 6.28. The van der Waals surface area contributed by atoms with E-state index in [4.69, 9.17) is 38.3 Å². The van der Waals surface area contributed by atoms with Crippen LogP contribution in [0.3, 0.4) is 0 Å². The number of halogens is 5. The molecule has 2 amide bonds. The molecule has 0 bridgehead atoms. The second-order valence-corrected chi connectivity index (χ2v) is 21.1. The van der Waals surface area contributed by atoms with Crippen molar-refractivity contribution >= 4 is 52.4 Å². The van der Waals surface area contributed by atoms with Crippen molar-refractivity contribution in [1.29, 1.82) is 0 Å². The van der Waals surface area contributed by atoms with Gasteiger partial charge in [-0.15, -0.1) is 0 Å². The number of tetrazole rings is 2. The average Bonchev–Trinajstić information content (AvgIpc) is 4.28. The number of nitrogens with two attached hydrogens (primary N) is 3. The van der Waals surface area contributed by atoms with E-state index in [-0.39, 0.29) is 80.3 Å². The molecule has 10 rings (SSSR count). The molecule has 4 aliphatic heterocycles. The molecule has 9 N–H and O–H groups in total. The second-order valence-electron chi connectivity index (χ2n) is 20.8. The summed E-state index contributed by atoms with van der Waals surface area (Å²) in [6, 6.07) is 5.53. The van der Waals surface area contributed by atoms with Gasteiger partial charge in [0.05, 0.1) is 23.8 Å². The fraction of sp³-hybridized carbons (Fsp3) is 0.500. The van der Waals surface area contributed by atoms with Gasteiger partial charge in [-0.3, -0.25) is 19.4 Å². The Hall–Kier alpha value is -7.99. The van der Waals surface area contributed by atoms with Crippen LogP contribution >= 0.6 is 11.6 Å². The van der Waals surface area contributed by atoms with Crippen molar-refractivity contribution in [3.8, 4) is 22.9 Å². The van der Waals surface area contributed by atoms with Gasteiger partial charge < -0.3 is 42.6 Å². The lowest BCUT2D eigenvalue weighted by Crippen LogP contribution is -2.55. The Balaban J connectivity index is 0.000000172. The number of benzene rings is 2. The number of rotatable bonds is 14. The first-order valence-corrected chi connectivity index (χ1v) is 25.5. The van der Waals surface area contributed by atoms with Gasteiger partial charge in [0.2, 0.25) is 11.2 Å². The molecule has 8 heterocycles. The Labute approximate surface area is 453 Å². The molecule has 26 nitrogen and oxygen atoms in total. The molecule has 31 heteroatoms. The zero-order valence-corrected chi connectivity index (χ0v) is 44.8. The first-order valence-electron chi connectivity index (χ1n) is 25.1. The number of primary amides is 2. The summed E-state index contributed by atoms with van der Waals surface area (Å²) in [6.07, 6.45) is 10.6. The van der Waals surface area contributed by atoms with Crippen LogP contribution in [0.15, 0.2) is 46.2 Å². The van der Waals surface area contributed by atoms with E-state index in [1.807, 2.05) is 0 Å². The van der Waals surface area contributed by atoms with Gasteiger partial charge >= 0.3 is 11.4 Å². The Kier molecular flexibility index (Phi) is 17.0. The van der Waals surface area contributed by atoms with Gasteiger partial charge in [-0.2, -0.15) is 28.7 Å². The topological polar surface area (TPSA) is 330 Å². The Morgan fingerprint density at radius 1 is 0.684 bits per heavy atom. The molecule has 2 aromatic carbocycles. The monoisotopic (exact) mass is 1120 g/mol. The molecule has 0 radical (unpaired) electrons. The number of nitrogens with one attached hydrogen (secondary N) is 3. The van der Waals surface area contributed by atoms with E-state index < -0.39 is 59.7 Å². The molecular weight excluding hydrogens is 1060 g/mol. The fourth-order valence-corrected chi connectivity index (χ4v) is 10.8. The summed E-state index contributed by atoms with van der Waals surface area (Å²) in [5.41, 5.74) is 14.1. The van der Waals surface area contributed by atoms with Crippen LogP contribution in [0.25, 0.3) is 11.4 Å². The molecule has 0 spiro atoms. The first-order chi connectivity index (χ1) is 37.4. The van der Waals surface area contributed by atoms with Crippen molar-refractivity contribution in [2.45, 2.75) is 114 Å². The summed E-state index contributed by atoms with van der Waals surface area (Å²) in [7, 11) is 2.78. The van der Waals surface area contributed by atoms with Gasteiger partial charge in [-0.1, -0.05) is 0 Å². The number of aromatic nitrogens is 12. The fourth-order valence-electron chi connectivity index (χ4n) is 10.7. The normalized spacial score (nSPS) is 20.1. The molecule has 4 saturated heterocycles. The average molecular weight is 1130 g/mol. The van der Waals surface area contributed by atoms with E-state index in [1.165, 1.54) is 39.5 Å². The third-order valence-corrected chi connectivity index (χ3v) is 14.2. The molecule has 4 aromatic heterocycles. The number of amides is 2. The first kappa shape index (κ1) is 57.2. The molecule has 6 aromatic rings. The lowest BCUT2D eigenvalue weighted by Gasteiger charge is -2.47. The van der Waals surface area contributed by atoms with Gasteiger partial charge in [0.25, 0.3) is 11.8 Å². The SMILES string of the molecule is CC1(C)C[C@H](Nc2nc(Cl)ncc2F)C[C@@H]2CCCN21.Cn1nnn(-c2cc(N)c(F)cc2OCC(N)=O)c1=O.Cn1nnn(-c2cc(Nc3ncc(F)c(N[C@@H]4C[C@@H]5CCCN5C(C)(C)C4)n3)c(F)cc2OCC(N)=O)c1=O. The number of ether oxygens (including phenoxy) is 2. The molecule has 0 saturated carbocycles. The van der Waals surface area contributed by atoms with Crippen molar-refractivity contribution in [2.24, 2.45) is 25.6 Å². The lowest BCUT2D eigenvalue weighted by atomic mass is 9.84. The minimum Gasteiger partial charge on any atom is -0.481 e. The third-order valence-electron chi connectivity index (χ3n) is 14.1. The van der Waals surface area contributed by atoms with Crippen LogP contribution in [0, 0.1) is 23.3 Å². The van der Waals surface area contributed by atoms with Crippen LogP contribution in [0.4, 0.5) is 46.5 Å². The lowest BCUT2D eigenvalue weighted by molar-refractivity contribution is -0.120.